The van der Waals surface area contributed by atoms with E-state index in [0.717, 1.165) is 59.8 Å². The summed E-state index contributed by atoms with van der Waals surface area (Å²) in [4.78, 5) is 82.4. The van der Waals surface area contributed by atoms with Gasteiger partial charge in [-0.25, -0.2) is 4.98 Å². The lowest BCUT2D eigenvalue weighted by Gasteiger charge is -2.27. The molecule has 4 N–H and O–H groups in total. The zero-order chi connectivity index (χ0) is 41.2. The third kappa shape index (κ3) is 8.01. The molecule has 1 fully saturated rings. The lowest BCUT2D eigenvalue weighted by Crippen LogP contribution is -2.54. The van der Waals surface area contributed by atoms with Crippen LogP contribution in [0.1, 0.15) is 98.0 Å². The minimum Gasteiger partial charge on any atom is -0.496 e. The van der Waals surface area contributed by atoms with E-state index in [1.807, 2.05) is 6.92 Å². The number of imide groups is 2. The topological polar surface area (TPSA) is 190 Å². The van der Waals surface area contributed by atoms with Crippen molar-refractivity contribution < 1.29 is 38.2 Å². The van der Waals surface area contributed by atoms with Gasteiger partial charge in [-0.1, -0.05) is 18.2 Å². The first-order chi connectivity index (χ1) is 28.6. The van der Waals surface area contributed by atoms with Crippen LogP contribution >= 0.6 is 0 Å². The monoisotopic (exact) mass is 801 g/mol. The molecular weight excluding hydrogens is 755 g/mol. The van der Waals surface area contributed by atoms with Gasteiger partial charge in [0.2, 0.25) is 17.7 Å². The van der Waals surface area contributed by atoms with Gasteiger partial charge in [0.05, 0.1) is 30.5 Å². The van der Waals surface area contributed by atoms with Crippen molar-refractivity contribution >= 4 is 41.1 Å². The first-order valence-electron chi connectivity index (χ1n) is 20.2. The van der Waals surface area contributed by atoms with Crippen LogP contribution in [0.5, 0.6) is 11.5 Å². The summed E-state index contributed by atoms with van der Waals surface area (Å²) in [5.41, 5.74) is 6.55. The first kappa shape index (κ1) is 39.3. The number of hydrogen-bond acceptors (Lipinski definition) is 10. The summed E-state index contributed by atoms with van der Waals surface area (Å²) in [6, 6.07) is 13.7. The van der Waals surface area contributed by atoms with Crippen LogP contribution in [-0.2, 0) is 33.8 Å². The molecule has 306 valence electrons. The second-order valence-electron chi connectivity index (χ2n) is 15.4. The van der Waals surface area contributed by atoms with Crippen LogP contribution in [-0.4, -0.2) is 89.3 Å². The van der Waals surface area contributed by atoms with Crippen molar-refractivity contribution in [2.75, 3.05) is 38.7 Å². The van der Waals surface area contributed by atoms with E-state index in [9.17, 15) is 28.8 Å². The molecule has 2 atom stereocenters. The Balaban J connectivity index is 0.795. The Kier molecular flexibility index (Phi) is 11.2. The Hall–Kier alpha value is -6.51. The molecule has 8 rings (SSSR count). The Morgan fingerprint density at radius 2 is 1.80 bits per heavy atom. The highest BCUT2D eigenvalue weighted by molar-refractivity contribution is 6.25. The smallest absolute Gasteiger partial charge is 0.264 e. The van der Waals surface area contributed by atoms with E-state index in [0.29, 0.717) is 42.3 Å². The quantitative estimate of drug-likeness (QED) is 0.101. The van der Waals surface area contributed by atoms with Crippen LogP contribution in [0.3, 0.4) is 0 Å². The van der Waals surface area contributed by atoms with Gasteiger partial charge in [-0.2, -0.15) is 0 Å². The molecule has 0 spiro atoms. The fourth-order valence-corrected chi connectivity index (χ4v) is 8.47. The largest absolute Gasteiger partial charge is 0.496 e. The van der Waals surface area contributed by atoms with Crippen LogP contribution < -0.4 is 30.7 Å². The fraction of sp³-hybridized carbons (Fsp3) is 0.386. The molecule has 1 aromatic heterocycles. The van der Waals surface area contributed by atoms with Gasteiger partial charge in [0.1, 0.15) is 23.4 Å². The lowest BCUT2D eigenvalue weighted by molar-refractivity contribution is -0.136. The van der Waals surface area contributed by atoms with E-state index in [4.69, 9.17) is 14.5 Å². The van der Waals surface area contributed by atoms with Crippen LogP contribution in [0.4, 0.5) is 5.69 Å². The minimum absolute atomic E-state index is 0.0319. The molecule has 4 aliphatic rings. The number of fused-ring (bicyclic) bond motifs is 3. The number of aromatic nitrogens is 2. The summed E-state index contributed by atoms with van der Waals surface area (Å²) in [5.74, 6) is -0.373. The zero-order valence-electron chi connectivity index (χ0n) is 33.2. The molecule has 0 radical (unpaired) electrons. The van der Waals surface area contributed by atoms with Crippen molar-refractivity contribution in [2.24, 2.45) is 0 Å². The summed E-state index contributed by atoms with van der Waals surface area (Å²) in [5, 5.41) is 11.3. The summed E-state index contributed by atoms with van der Waals surface area (Å²) in [7, 11) is 1.55. The van der Waals surface area contributed by atoms with Gasteiger partial charge in [-0.15, -0.1) is 0 Å². The third-order valence-corrected chi connectivity index (χ3v) is 11.6. The van der Waals surface area contributed by atoms with Gasteiger partial charge in [-0.3, -0.25) is 39.0 Å². The predicted molar refractivity (Wildman–Crippen MR) is 216 cm³/mol. The number of nitrogens with zero attached hydrogens (tertiary/aromatic N) is 3. The van der Waals surface area contributed by atoms with Gasteiger partial charge in [0, 0.05) is 79.9 Å². The number of hydrogen-bond donors (Lipinski definition) is 4. The highest BCUT2D eigenvalue weighted by Crippen LogP contribution is 2.37. The number of carbonyl (C=O) groups is 6. The summed E-state index contributed by atoms with van der Waals surface area (Å²) in [6.45, 7) is 4.20. The normalized spacial score (nSPS) is 18.0. The maximum absolute atomic E-state index is 13.5. The molecule has 3 aromatic carbocycles. The zero-order valence-corrected chi connectivity index (χ0v) is 33.2. The second-order valence-corrected chi connectivity index (χ2v) is 15.4. The highest BCUT2D eigenvalue weighted by Gasteiger charge is 2.45. The molecule has 15 heteroatoms. The van der Waals surface area contributed by atoms with Crippen molar-refractivity contribution in [2.45, 2.75) is 76.8 Å². The Labute approximate surface area is 341 Å². The SMILES string of the molecule is COc1cc(C(=O)NC[C@@H]2CCc3ccc(-c4cn5c(n4)CCC5)cc32)cc(OCCCNC(=O)CCNc2cccc3c2C(=O)N(C2CCC(=O)NC2=O)C3=O)c1C. The average Bonchev–Trinajstić information content (AvgIpc) is 4.01. The molecule has 3 aliphatic heterocycles. The average molecular weight is 802 g/mol. The molecule has 4 heterocycles. The standard InChI is InChI=1S/C44H47N7O8/c1-25-35(58-2)21-29(41(54)47-23-28-12-10-26-9-11-27(20-31(26)28)33-24-50-18-4-8-37(50)48-33)22-36(25)59-19-5-16-46-38(52)15-17-45-32-7-3-6-30-40(32)44(57)51(43(30)56)34-13-14-39(53)49-42(34)55/h3,6-7,9,11,20-22,24,28,34,45H,4-5,8,10,12-19,23H2,1-2H3,(H,46,52)(H,47,54)(H,49,53,55)/t28-,34?/m0/s1. The van der Waals surface area contributed by atoms with E-state index in [1.54, 1.807) is 31.4 Å². The molecule has 4 aromatic rings. The highest BCUT2D eigenvalue weighted by atomic mass is 16.5. The van der Waals surface area contributed by atoms with E-state index in [-0.39, 0.29) is 61.3 Å². The van der Waals surface area contributed by atoms with Gasteiger partial charge in [-0.05, 0) is 80.5 Å². The van der Waals surface area contributed by atoms with Gasteiger partial charge in [0.25, 0.3) is 17.7 Å². The van der Waals surface area contributed by atoms with Crippen molar-refractivity contribution in [1.29, 1.82) is 0 Å². The number of methoxy groups -OCH3 is 1. The van der Waals surface area contributed by atoms with Crippen LogP contribution in [0.15, 0.2) is 54.7 Å². The van der Waals surface area contributed by atoms with Crippen LogP contribution in [0.25, 0.3) is 11.3 Å². The number of benzene rings is 3. The van der Waals surface area contributed by atoms with Gasteiger partial charge < -0.3 is 30.0 Å². The number of imidazole rings is 1. The first-order valence-corrected chi connectivity index (χ1v) is 20.2. The third-order valence-electron chi connectivity index (χ3n) is 11.6. The number of ether oxygens (including phenoxy) is 2. The van der Waals surface area contributed by atoms with Crippen LogP contribution in [0.2, 0.25) is 0 Å². The number of rotatable bonds is 15. The molecular formula is C44H47N7O8. The number of anilines is 1. The molecule has 0 saturated carbocycles. The van der Waals surface area contributed by atoms with Gasteiger partial charge in [0.15, 0.2) is 0 Å². The Bertz CT molecular complexity index is 2350. The summed E-state index contributed by atoms with van der Waals surface area (Å²) >= 11 is 0. The van der Waals surface area contributed by atoms with Crippen molar-refractivity contribution in [1.82, 2.24) is 30.4 Å². The Morgan fingerprint density at radius 3 is 2.61 bits per heavy atom. The van der Waals surface area contributed by atoms with E-state index >= 15 is 0 Å². The number of amides is 6. The van der Waals surface area contributed by atoms with Crippen molar-refractivity contribution in [3.8, 4) is 22.8 Å². The second kappa shape index (κ2) is 16.8. The summed E-state index contributed by atoms with van der Waals surface area (Å²) in [6.07, 6.45) is 6.93. The lowest BCUT2D eigenvalue weighted by atomic mass is 9.98. The molecule has 1 unspecified atom stereocenters. The van der Waals surface area contributed by atoms with Gasteiger partial charge >= 0.3 is 0 Å². The number of carbonyl (C=O) groups excluding carboxylic acids is 6. The van der Waals surface area contributed by atoms with Crippen LogP contribution in [0, 0.1) is 6.92 Å². The Morgan fingerprint density at radius 1 is 0.949 bits per heavy atom. The number of piperidine rings is 1. The van der Waals surface area contributed by atoms with E-state index in [1.165, 1.54) is 17.2 Å². The molecule has 15 nitrogen and oxygen atoms in total. The molecule has 59 heavy (non-hydrogen) atoms. The molecule has 1 aliphatic carbocycles. The molecule has 6 amide bonds. The minimum atomic E-state index is -1.06. The van der Waals surface area contributed by atoms with Crippen molar-refractivity contribution in [3.05, 3.63) is 93.9 Å². The maximum atomic E-state index is 13.5. The van der Waals surface area contributed by atoms with E-state index < -0.39 is 29.7 Å². The number of aryl methyl sites for hydroxylation is 3. The molecule has 1 saturated heterocycles. The maximum Gasteiger partial charge on any atom is 0.264 e. The molecule has 0 bridgehead atoms. The number of nitrogens with one attached hydrogen (secondary N) is 4. The van der Waals surface area contributed by atoms with E-state index in [2.05, 4.69) is 50.2 Å². The summed E-state index contributed by atoms with van der Waals surface area (Å²) < 4.78 is 13.9. The predicted octanol–water partition coefficient (Wildman–Crippen LogP) is 4.06. The van der Waals surface area contributed by atoms with Crippen molar-refractivity contribution in [3.63, 3.8) is 0 Å². The fourth-order valence-electron chi connectivity index (χ4n) is 8.47.